The third kappa shape index (κ3) is 2.03. The van der Waals surface area contributed by atoms with Crippen LogP contribution >= 0.6 is 0 Å². The van der Waals surface area contributed by atoms with Crippen molar-refractivity contribution in [3.63, 3.8) is 0 Å². The zero-order chi connectivity index (χ0) is 12.5. The Labute approximate surface area is 116 Å². The number of carbonyl (C=O) groups excluding carboxylic acids is 1. The minimum Gasteiger partial charge on any atom is -0.465 e. The number of ether oxygens (including phenoxy) is 1. The van der Waals surface area contributed by atoms with Gasteiger partial charge in [0.05, 0.1) is 12.7 Å². The largest absolute Gasteiger partial charge is 0.465 e. The molecule has 0 bridgehead atoms. The highest BCUT2D eigenvalue weighted by molar-refractivity contribution is 5.89. The molecular weight excluding hydrogens is 339 g/mol. The Kier molecular flexibility index (Phi) is 3.07. The second-order valence-electron chi connectivity index (χ2n) is 4.16. The van der Waals surface area contributed by atoms with Crippen molar-refractivity contribution in [1.29, 1.82) is 0 Å². The standard InChI is InChI=1S/C15H12IO2/c1-18-15(17)12-7-6-11-8-10-4-2-3-5-13(10)16-14(11)9-12/h2-7,9H,8H2,1H3/q+1. The van der Waals surface area contributed by atoms with Gasteiger partial charge in [0, 0.05) is 23.6 Å². The van der Waals surface area contributed by atoms with Crippen LogP contribution < -0.4 is 21.2 Å². The summed E-state index contributed by atoms with van der Waals surface area (Å²) in [6.07, 6.45) is 0.979. The third-order valence-electron chi connectivity index (χ3n) is 3.02. The summed E-state index contributed by atoms with van der Waals surface area (Å²) in [5.41, 5.74) is 3.45. The number of benzene rings is 2. The lowest BCUT2D eigenvalue weighted by Crippen LogP contribution is -3.62. The van der Waals surface area contributed by atoms with Crippen LogP contribution in [0.25, 0.3) is 0 Å². The molecule has 1 aliphatic heterocycles. The maximum absolute atomic E-state index is 11.5. The Bertz CT molecular complexity index is 620. The highest BCUT2D eigenvalue weighted by Gasteiger charge is 2.29. The predicted molar refractivity (Wildman–Crippen MR) is 64.4 cm³/mol. The minimum atomic E-state index is -0.249. The predicted octanol–water partition coefficient (Wildman–Crippen LogP) is -0.494. The van der Waals surface area contributed by atoms with Crippen molar-refractivity contribution in [2.24, 2.45) is 0 Å². The van der Waals surface area contributed by atoms with Crippen molar-refractivity contribution in [1.82, 2.24) is 0 Å². The molecule has 0 spiro atoms. The number of hydrogen-bond acceptors (Lipinski definition) is 2. The van der Waals surface area contributed by atoms with E-state index in [9.17, 15) is 4.79 Å². The lowest BCUT2D eigenvalue weighted by molar-refractivity contribution is -0.601. The topological polar surface area (TPSA) is 26.3 Å². The first-order valence-electron chi connectivity index (χ1n) is 5.72. The molecule has 0 saturated carbocycles. The fourth-order valence-electron chi connectivity index (χ4n) is 2.07. The molecule has 3 heteroatoms. The Hall–Kier alpha value is -1.36. The van der Waals surface area contributed by atoms with E-state index in [1.54, 1.807) is 0 Å². The van der Waals surface area contributed by atoms with E-state index in [-0.39, 0.29) is 27.2 Å². The molecular formula is C15H12IO2+. The van der Waals surface area contributed by atoms with Crippen molar-refractivity contribution in [2.45, 2.75) is 6.42 Å². The van der Waals surface area contributed by atoms with Crippen molar-refractivity contribution < 1.29 is 30.7 Å². The molecule has 1 aliphatic rings. The van der Waals surface area contributed by atoms with E-state index in [1.807, 2.05) is 12.1 Å². The maximum Gasteiger partial charge on any atom is 0.358 e. The van der Waals surface area contributed by atoms with Gasteiger partial charge in [-0.3, -0.25) is 0 Å². The molecule has 3 rings (SSSR count). The van der Waals surface area contributed by atoms with Gasteiger partial charge in [0.25, 0.3) is 0 Å². The van der Waals surface area contributed by atoms with Crippen molar-refractivity contribution in [3.05, 3.63) is 66.3 Å². The van der Waals surface area contributed by atoms with Gasteiger partial charge in [-0.15, -0.1) is 0 Å². The number of rotatable bonds is 1. The first kappa shape index (κ1) is 11.7. The number of esters is 1. The normalized spacial score (nSPS) is 12.5. The van der Waals surface area contributed by atoms with Crippen LogP contribution in [0.5, 0.6) is 0 Å². The molecule has 0 saturated heterocycles. The summed E-state index contributed by atoms with van der Waals surface area (Å²) in [6.45, 7) is 0. The summed E-state index contributed by atoms with van der Waals surface area (Å²) in [7, 11) is 1.42. The van der Waals surface area contributed by atoms with Crippen LogP contribution in [-0.2, 0) is 11.2 Å². The van der Waals surface area contributed by atoms with E-state index < -0.39 is 0 Å². The summed E-state index contributed by atoms with van der Waals surface area (Å²) >= 11 is -0.180. The first-order valence-corrected chi connectivity index (χ1v) is 7.87. The molecule has 0 atom stereocenters. The van der Waals surface area contributed by atoms with Gasteiger partial charge >= 0.3 is 27.2 Å². The van der Waals surface area contributed by atoms with Gasteiger partial charge < -0.3 is 4.74 Å². The molecule has 2 aromatic rings. The average molecular weight is 351 g/mol. The fraction of sp³-hybridized carbons (Fsp3) is 0.133. The average Bonchev–Trinajstić information content (AvgIpc) is 2.43. The molecule has 0 amide bonds. The number of halogens is 1. The Morgan fingerprint density at radius 3 is 2.72 bits per heavy atom. The van der Waals surface area contributed by atoms with Gasteiger partial charge in [0.1, 0.15) is 0 Å². The molecule has 2 aromatic carbocycles. The first-order chi connectivity index (χ1) is 8.78. The second-order valence-corrected chi connectivity index (χ2v) is 7.02. The quantitative estimate of drug-likeness (QED) is 0.437. The van der Waals surface area contributed by atoms with Crippen molar-refractivity contribution in [2.75, 3.05) is 7.11 Å². The maximum atomic E-state index is 11.5. The van der Waals surface area contributed by atoms with Crippen LogP contribution in [0.4, 0.5) is 0 Å². The smallest absolute Gasteiger partial charge is 0.358 e. The van der Waals surface area contributed by atoms with Crippen LogP contribution in [0.15, 0.2) is 42.5 Å². The summed E-state index contributed by atoms with van der Waals surface area (Å²) in [4.78, 5) is 11.5. The number of hydrogen-bond donors (Lipinski definition) is 0. The zero-order valence-corrected chi connectivity index (χ0v) is 12.1. The Morgan fingerprint density at radius 1 is 1.11 bits per heavy atom. The van der Waals surface area contributed by atoms with E-state index >= 15 is 0 Å². The van der Waals surface area contributed by atoms with Crippen LogP contribution in [0.2, 0.25) is 0 Å². The van der Waals surface area contributed by atoms with Gasteiger partial charge in [-0.2, -0.15) is 0 Å². The van der Waals surface area contributed by atoms with Crippen LogP contribution in [-0.4, -0.2) is 13.1 Å². The lowest BCUT2D eigenvalue weighted by atomic mass is 10.0. The van der Waals surface area contributed by atoms with Gasteiger partial charge in [0.2, 0.25) is 0 Å². The molecule has 90 valence electrons. The van der Waals surface area contributed by atoms with Crippen LogP contribution in [0.3, 0.4) is 0 Å². The highest BCUT2D eigenvalue weighted by Crippen LogP contribution is 2.14. The number of carbonyl (C=O) groups is 1. The fourth-order valence-corrected chi connectivity index (χ4v) is 5.01. The second kappa shape index (κ2) is 4.72. The highest BCUT2D eigenvalue weighted by atomic mass is 127. The Morgan fingerprint density at radius 2 is 1.89 bits per heavy atom. The van der Waals surface area contributed by atoms with Crippen molar-refractivity contribution >= 4 is 5.97 Å². The van der Waals surface area contributed by atoms with E-state index in [1.165, 1.54) is 25.4 Å². The summed E-state index contributed by atoms with van der Waals surface area (Å²) in [5.74, 6) is -0.249. The van der Waals surface area contributed by atoms with E-state index in [4.69, 9.17) is 4.74 Å². The molecule has 1 heterocycles. The molecule has 0 aliphatic carbocycles. The van der Waals surface area contributed by atoms with Gasteiger partial charge in [0.15, 0.2) is 7.14 Å². The number of methoxy groups -OCH3 is 1. The van der Waals surface area contributed by atoms with Gasteiger partial charge in [-0.25, -0.2) is 4.79 Å². The number of fused-ring (bicyclic) bond motifs is 2. The molecule has 0 unspecified atom stereocenters. The minimum absolute atomic E-state index is 0.180. The van der Waals surface area contributed by atoms with E-state index in [0.29, 0.717) is 5.56 Å². The molecule has 0 N–H and O–H groups in total. The SMILES string of the molecule is COC(=O)c1ccc2c(c1)[I+]c1ccccc1C2. The third-order valence-corrected chi connectivity index (χ3v) is 6.24. The van der Waals surface area contributed by atoms with Crippen LogP contribution in [0.1, 0.15) is 21.5 Å². The van der Waals surface area contributed by atoms with Crippen LogP contribution in [0, 0.1) is 7.14 Å². The van der Waals surface area contributed by atoms with Crippen molar-refractivity contribution in [3.8, 4) is 0 Å². The molecule has 0 aromatic heterocycles. The monoisotopic (exact) mass is 351 g/mol. The zero-order valence-electron chi connectivity index (χ0n) is 9.94. The van der Waals surface area contributed by atoms with Gasteiger partial charge in [-0.1, -0.05) is 24.3 Å². The Balaban J connectivity index is 2.01. The molecule has 0 radical (unpaired) electrons. The van der Waals surface area contributed by atoms with E-state index in [2.05, 4.69) is 30.3 Å². The van der Waals surface area contributed by atoms with E-state index in [0.717, 1.165) is 6.42 Å². The summed E-state index contributed by atoms with van der Waals surface area (Å²) < 4.78 is 7.58. The summed E-state index contributed by atoms with van der Waals surface area (Å²) in [6, 6.07) is 14.5. The lowest BCUT2D eigenvalue weighted by Gasteiger charge is -2.09. The molecule has 18 heavy (non-hydrogen) atoms. The molecule has 0 fully saturated rings. The molecule has 2 nitrogen and oxygen atoms in total. The van der Waals surface area contributed by atoms with Gasteiger partial charge in [-0.05, 0) is 12.1 Å². The summed E-state index contributed by atoms with van der Waals surface area (Å²) in [5, 5.41) is 0.